The first-order valence-corrected chi connectivity index (χ1v) is 12.4. The van der Waals surface area contributed by atoms with Crippen LogP contribution in [-0.4, -0.2) is 39.5 Å². The molecule has 1 saturated carbocycles. The molecule has 36 heavy (non-hydrogen) atoms. The molecule has 0 unspecified atom stereocenters. The van der Waals surface area contributed by atoms with Crippen LogP contribution >= 0.6 is 0 Å². The standard InChI is InChI=1S/C27H33N7O2/c1-20(2)31-27(35)32-23-9-6-21(7-10-23)17-34(24-4-3-5-24)26-16-25(11-8-22(26)12-13-28)36-15-14-33-19-29-18-30-33/h6-11,16,18-20,24H,3-5,12,14-15,17H2,1-2H3,(H2,31,32,35). The highest BCUT2D eigenvalue weighted by molar-refractivity contribution is 5.89. The summed E-state index contributed by atoms with van der Waals surface area (Å²) in [5, 5.41) is 19.3. The molecule has 0 bridgehead atoms. The van der Waals surface area contributed by atoms with Gasteiger partial charge in [0.05, 0.1) is 19.0 Å². The molecule has 9 heteroatoms. The van der Waals surface area contributed by atoms with Crippen LogP contribution in [0, 0.1) is 11.3 Å². The highest BCUT2D eigenvalue weighted by atomic mass is 16.5. The first-order valence-electron chi connectivity index (χ1n) is 12.4. The third-order valence-corrected chi connectivity index (χ3v) is 6.19. The molecule has 3 aromatic rings. The number of aromatic nitrogens is 3. The number of nitrogens with zero attached hydrogens (tertiary/aromatic N) is 5. The minimum Gasteiger partial charge on any atom is -0.492 e. The van der Waals surface area contributed by atoms with Gasteiger partial charge in [0.25, 0.3) is 0 Å². The van der Waals surface area contributed by atoms with Crippen molar-refractivity contribution < 1.29 is 9.53 Å². The summed E-state index contributed by atoms with van der Waals surface area (Å²) in [4.78, 5) is 18.4. The number of nitrogens with one attached hydrogen (secondary N) is 2. The second-order valence-electron chi connectivity index (χ2n) is 9.30. The number of nitriles is 1. The predicted octanol–water partition coefficient (Wildman–Crippen LogP) is 4.51. The summed E-state index contributed by atoms with van der Waals surface area (Å²) in [6, 6.07) is 16.5. The quantitative estimate of drug-likeness (QED) is 0.412. The number of benzene rings is 2. The maximum Gasteiger partial charge on any atom is 0.319 e. The van der Waals surface area contributed by atoms with Crippen LogP contribution in [0.3, 0.4) is 0 Å². The van der Waals surface area contributed by atoms with Crippen LogP contribution < -0.4 is 20.3 Å². The zero-order valence-corrected chi connectivity index (χ0v) is 20.9. The summed E-state index contributed by atoms with van der Waals surface area (Å²) in [7, 11) is 0. The second kappa shape index (κ2) is 12.1. The Morgan fingerprint density at radius 2 is 2.06 bits per heavy atom. The Labute approximate surface area is 212 Å². The van der Waals surface area contributed by atoms with Crippen LogP contribution in [0.25, 0.3) is 0 Å². The Bertz CT molecular complexity index is 1170. The lowest BCUT2D eigenvalue weighted by Gasteiger charge is -2.40. The highest BCUT2D eigenvalue weighted by Gasteiger charge is 2.27. The van der Waals surface area contributed by atoms with E-state index in [0.29, 0.717) is 32.2 Å². The van der Waals surface area contributed by atoms with Crippen molar-refractivity contribution in [2.75, 3.05) is 16.8 Å². The lowest BCUT2D eigenvalue weighted by Crippen LogP contribution is -2.40. The van der Waals surface area contributed by atoms with E-state index in [-0.39, 0.29) is 12.1 Å². The van der Waals surface area contributed by atoms with Gasteiger partial charge in [0.1, 0.15) is 25.0 Å². The minimum atomic E-state index is -0.212. The zero-order valence-electron chi connectivity index (χ0n) is 20.9. The molecule has 2 amide bonds. The van der Waals surface area contributed by atoms with E-state index in [2.05, 4.69) is 37.8 Å². The third kappa shape index (κ3) is 6.75. The number of ether oxygens (including phenoxy) is 1. The van der Waals surface area contributed by atoms with Gasteiger partial charge in [-0.15, -0.1) is 0 Å². The lowest BCUT2D eigenvalue weighted by molar-refractivity contribution is 0.250. The molecule has 188 valence electrons. The van der Waals surface area contributed by atoms with Crippen molar-refractivity contribution in [3.8, 4) is 11.8 Å². The van der Waals surface area contributed by atoms with Gasteiger partial charge in [-0.1, -0.05) is 18.2 Å². The van der Waals surface area contributed by atoms with Crippen molar-refractivity contribution in [2.24, 2.45) is 0 Å². The maximum atomic E-state index is 12.0. The largest absolute Gasteiger partial charge is 0.492 e. The van der Waals surface area contributed by atoms with Gasteiger partial charge in [-0.3, -0.25) is 0 Å². The zero-order chi connectivity index (χ0) is 25.3. The van der Waals surface area contributed by atoms with Crippen molar-refractivity contribution in [1.82, 2.24) is 20.1 Å². The van der Waals surface area contributed by atoms with Gasteiger partial charge in [0, 0.05) is 36.1 Å². The number of rotatable bonds is 11. The molecule has 0 aliphatic heterocycles. The summed E-state index contributed by atoms with van der Waals surface area (Å²) < 4.78 is 7.75. The van der Waals surface area contributed by atoms with E-state index in [1.165, 1.54) is 12.7 Å². The molecule has 0 saturated heterocycles. The molecule has 4 rings (SSSR count). The molecule has 9 nitrogen and oxygen atoms in total. The van der Waals surface area contributed by atoms with E-state index in [1.54, 1.807) is 11.0 Å². The van der Waals surface area contributed by atoms with Gasteiger partial charge in [0.15, 0.2) is 0 Å². The number of amides is 2. The van der Waals surface area contributed by atoms with Gasteiger partial charge in [-0.05, 0) is 62.4 Å². The van der Waals surface area contributed by atoms with Gasteiger partial charge in [0.2, 0.25) is 0 Å². The normalized spacial score (nSPS) is 13.1. The average Bonchev–Trinajstić information content (AvgIpc) is 3.33. The Hall–Kier alpha value is -4.06. The van der Waals surface area contributed by atoms with Crippen molar-refractivity contribution in [3.05, 3.63) is 66.2 Å². The topological polar surface area (TPSA) is 108 Å². The number of carbonyl (C=O) groups is 1. The number of urea groups is 1. The Morgan fingerprint density at radius 1 is 1.25 bits per heavy atom. The summed E-state index contributed by atoms with van der Waals surface area (Å²) in [5.74, 6) is 0.770. The van der Waals surface area contributed by atoms with Crippen LogP contribution in [0.4, 0.5) is 16.2 Å². The molecule has 1 aliphatic carbocycles. The molecule has 0 radical (unpaired) electrons. The molecule has 1 fully saturated rings. The second-order valence-corrected chi connectivity index (χ2v) is 9.30. The molecule has 0 spiro atoms. The first kappa shape index (κ1) is 25.0. The molecule has 2 aromatic carbocycles. The summed E-state index contributed by atoms with van der Waals surface area (Å²) in [6.45, 7) is 5.65. The average molecular weight is 488 g/mol. The highest BCUT2D eigenvalue weighted by Crippen LogP contribution is 2.35. The van der Waals surface area contributed by atoms with E-state index >= 15 is 0 Å². The van der Waals surface area contributed by atoms with Gasteiger partial charge >= 0.3 is 6.03 Å². The van der Waals surface area contributed by atoms with Crippen LogP contribution in [0.2, 0.25) is 0 Å². The Balaban J connectivity index is 1.49. The van der Waals surface area contributed by atoms with E-state index in [4.69, 9.17) is 4.74 Å². The van der Waals surface area contributed by atoms with E-state index in [9.17, 15) is 10.1 Å². The predicted molar refractivity (Wildman–Crippen MR) is 139 cm³/mol. The van der Waals surface area contributed by atoms with Crippen molar-refractivity contribution >= 4 is 17.4 Å². The fourth-order valence-corrected chi connectivity index (χ4v) is 4.17. The SMILES string of the molecule is CC(C)NC(=O)Nc1ccc(CN(c2cc(OCCn3cncn3)ccc2CC#N)C2CCC2)cc1. The number of hydrogen-bond acceptors (Lipinski definition) is 6. The van der Waals surface area contributed by atoms with Gasteiger partial charge < -0.3 is 20.3 Å². The van der Waals surface area contributed by atoms with Crippen LogP contribution in [0.5, 0.6) is 5.75 Å². The van der Waals surface area contributed by atoms with E-state index in [1.807, 2.05) is 50.2 Å². The van der Waals surface area contributed by atoms with Crippen molar-refractivity contribution in [1.29, 1.82) is 5.26 Å². The molecule has 0 atom stereocenters. The fraction of sp³-hybridized carbons (Fsp3) is 0.407. The molecular weight excluding hydrogens is 454 g/mol. The van der Waals surface area contributed by atoms with Gasteiger partial charge in [-0.2, -0.15) is 10.4 Å². The Morgan fingerprint density at radius 3 is 2.69 bits per heavy atom. The summed E-state index contributed by atoms with van der Waals surface area (Å²) in [6.07, 6.45) is 6.97. The van der Waals surface area contributed by atoms with Crippen LogP contribution in [-0.2, 0) is 19.5 Å². The monoisotopic (exact) mass is 487 g/mol. The third-order valence-electron chi connectivity index (χ3n) is 6.19. The number of hydrogen-bond donors (Lipinski definition) is 2. The molecule has 1 heterocycles. The molecule has 2 N–H and O–H groups in total. The molecular formula is C27H33N7O2. The molecule has 1 aromatic heterocycles. The van der Waals surface area contributed by atoms with Gasteiger partial charge in [-0.25, -0.2) is 14.5 Å². The van der Waals surface area contributed by atoms with Crippen molar-refractivity contribution in [3.63, 3.8) is 0 Å². The van der Waals surface area contributed by atoms with Crippen LogP contribution in [0.15, 0.2) is 55.1 Å². The summed E-state index contributed by atoms with van der Waals surface area (Å²) in [5.41, 5.74) is 3.92. The maximum absolute atomic E-state index is 12.0. The first-order chi connectivity index (χ1) is 17.5. The van der Waals surface area contributed by atoms with E-state index in [0.717, 1.165) is 41.1 Å². The summed E-state index contributed by atoms with van der Waals surface area (Å²) >= 11 is 0. The lowest BCUT2D eigenvalue weighted by atomic mass is 9.90. The van der Waals surface area contributed by atoms with E-state index < -0.39 is 0 Å². The number of anilines is 2. The smallest absolute Gasteiger partial charge is 0.319 e. The number of carbonyl (C=O) groups excluding carboxylic acids is 1. The molecule has 1 aliphatic rings. The Kier molecular flexibility index (Phi) is 8.40. The van der Waals surface area contributed by atoms with Crippen molar-refractivity contribution in [2.45, 2.75) is 64.7 Å². The fourth-order valence-electron chi connectivity index (χ4n) is 4.17. The van der Waals surface area contributed by atoms with Crippen LogP contribution in [0.1, 0.15) is 44.2 Å². The minimum absolute atomic E-state index is 0.0743.